The normalized spacial score (nSPS) is 15.4. The monoisotopic (exact) mass is 300 g/mol. The van der Waals surface area contributed by atoms with Crippen LogP contribution in [0.2, 0.25) is 0 Å². The molecule has 4 nitrogen and oxygen atoms in total. The Bertz CT molecular complexity index is 526. The van der Waals surface area contributed by atoms with Gasteiger partial charge in [0.2, 0.25) is 11.8 Å². The van der Waals surface area contributed by atoms with E-state index in [1.807, 2.05) is 0 Å². The molecule has 1 fully saturated rings. The smallest absolute Gasteiger partial charge is 0.350 e. The van der Waals surface area contributed by atoms with Crippen LogP contribution in [0.3, 0.4) is 0 Å². The average Bonchev–Trinajstić information content (AvgIpc) is 2.81. The largest absolute Gasteiger partial charge is 0.416 e. The van der Waals surface area contributed by atoms with E-state index in [-0.39, 0.29) is 24.9 Å². The molecule has 1 aromatic rings. The number of nitrogens with one attached hydrogen (secondary N) is 1. The molecule has 0 radical (unpaired) electrons. The molecule has 0 unspecified atom stereocenters. The first-order valence-corrected chi connectivity index (χ1v) is 6.57. The van der Waals surface area contributed by atoms with Crippen LogP contribution in [0.25, 0.3) is 0 Å². The van der Waals surface area contributed by atoms with Gasteiger partial charge in [0.15, 0.2) is 0 Å². The van der Waals surface area contributed by atoms with Gasteiger partial charge in [0.25, 0.3) is 0 Å². The molecular weight excluding hydrogens is 285 g/mol. The standard InChI is InChI=1S/C14H15F3N2O2/c15-14(16,17)11-5-3-10(4-6-11)8-18-12(20)9-19-7-1-2-13(19)21/h3-6H,1-2,7-9H2,(H,18,20). The van der Waals surface area contributed by atoms with Crippen molar-refractivity contribution in [1.29, 1.82) is 0 Å². The molecule has 21 heavy (non-hydrogen) atoms. The number of alkyl halides is 3. The Balaban J connectivity index is 1.82. The van der Waals surface area contributed by atoms with Gasteiger partial charge >= 0.3 is 6.18 Å². The zero-order valence-corrected chi connectivity index (χ0v) is 11.2. The van der Waals surface area contributed by atoms with Crippen molar-refractivity contribution in [3.05, 3.63) is 35.4 Å². The van der Waals surface area contributed by atoms with Gasteiger partial charge in [-0.15, -0.1) is 0 Å². The van der Waals surface area contributed by atoms with E-state index in [0.717, 1.165) is 18.6 Å². The summed E-state index contributed by atoms with van der Waals surface area (Å²) >= 11 is 0. The zero-order chi connectivity index (χ0) is 15.5. The number of halogens is 3. The summed E-state index contributed by atoms with van der Waals surface area (Å²) in [5, 5.41) is 2.59. The molecule has 0 aliphatic carbocycles. The van der Waals surface area contributed by atoms with Gasteiger partial charge in [0, 0.05) is 19.5 Å². The van der Waals surface area contributed by atoms with Gasteiger partial charge in [0.1, 0.15) is 0 Å². The SMILES string of the molecule is O=C(CN1CCCC1=O)NCc1ccc(C(F)(F)F)cc1. The lowest BCUT2D eigenvalue weighted by Crippen LogP contribution is -2.37. The van der Waals surface area contributed by atoms with Crippen molar-refractivity contribution in [3.63, 3.8) is 0 Å². The molecule has 0 aromatic heterocycles. The quantitative estimate of drug-likeness (QED) is 0.924. The highest BCUT2D eigenvalue weighted by molar-refractivity contribution is 5.85. The molecule has 1 heterocycles. The Morgan fingerprint density at radius 1 is 1.24 bits per heavy atom. The van der Waals surface area contributed by atoms with E-state index < -0.39 is 11.7 Å². The molecule has 1 N–H and O–H groups in total. The highest BCUT2D eigenvalue weighted by atomic mass is 19.4. The van der Waals surface area contributed by atoms with Crippen LogP contribution < -0.4 is 5.32 Å². The van der Waals surface area contributed by atoms with E-state index in [1.165, 1.54) is 17.0 Å². The lowest BCUT2D eigenvalue weighted by atomic mass is 10.1. The van der Waals surface area contributed by atoms with Gasteiger partial charge in [-0.3, -0.25) is 9.59 Å². The average molecular weight is 300 g/mol. The van der Waals surface area contributed by atoms with Crippen LogP contribution in [0.15, 0.2) is 24.3 Å². The Morgan fingerprint density at radius 2 is 1.90 bits per heavy atom. The maximum atomic E-state index is 12.4. The number of hydrogen-bond donors (Lipinski definition) is 1. The lowest BCUT2D eigenvalue weighted by Gasteiger charge is -2.15. The van der Waals surface area contributed by atoms with Crippen molar-refractivity contribution < 1.29 is 22.8 Å². The summed E-state index contributed by atoms with van der Waals surface area (Å²) in [4.78, 5) is 24.5. The van der Waals surface area contributed by atoms with Crippen LogP contribution in [0.5, 0.6) is 0 Å². The maximum Gasteiger partial charge on any atom is 0.416 e. The molecule has 114 valence electrons. The van der Waals surface area contributed by atoms with Gasteiger partial charge in [-0.25, -0.2) is 0 Å². The topological polar surface area (TPSA) is 49.4 Å². The van der Waals surface area contributed by atoms with Gasteiger partial charge in [-0.1, -0.05) is 12.1 Å². The summed E-state index contributed by atoms with van der Waals surface area (Å²) in [5.41, 5.74) is -0.149. The second-order valence-electron chi connectivity index (χ2n) is 4.89. The first-order chi connectivity index (χ1) is 9.86. The van der Waals surface area contributed by atoms with E-state index >= 15 is 0 Å². The Labute approximate surface area is 119 Å². The highest BCUT2D eigenvalue weighted by Crippen LogP contribution is 2.29. The summed E-state index contributed by atoms with van der Waals surface area (Å²) in [6, 6.07) is 4.60. The fourth-order valence-electron chi connectivity index (χ4n) is 2.11. The molecule has 0 spiro atoms. The van der Waals surface area contributed by atoms with E-state index in [9.17, 15) is 22.8 Å². The maximum absolute atomic E-state index is 12.4. The number of amides is 2. The van der Waals surface area contributed by atoms with Crippen molar-refractivity contribution in [2.75, 3.05) is 13.1 Å². The molecule has 0 bridgehead atoms. The summed E-state index contributed by atoms with van der Waals surface area (Å²) in [7, 11) is 0. The summed E-state index contributed by atoms with van der Waals surface area (Å²) < 4.78 is 37.2. The van der Waals surface area contributed by atoms with Crippen LogP contribution >= 0.6 is 0 Å². The van der Waals surface area contributed by atoms with E-state index in [1.54, 1.807) is 0 Å². The molecule has 2 rings (SSSR count). The number of carbonyl (C=O) groups is 2. The summed E-state index contributed by atoms with van der Waals surface area (Å²) in [6.45, 7) is 0.713. The Kier molecular flexibility index (Phi) is 4.50. The third-order valence-corrected chi connectivity index (χ3v) is 3.28. The van der Waals surface area contributed by atoms with Crippen LogP contribution in [-0.2, 0) is 22.3 Å². The zero-order valence-electron chi connectivity index (χ0n) is 11.2. The van der Waals surface area contributed by atoms with E-state index in [2.05, 4.69) is 5.32 Å². The number of carbonyl (C=O) groups excluding carboxylic acids is 2. The Morgan fingerprint density at radius 3 is 2.43 bits per heavy atom. The summed E-state index contributed by atoms with van der Waals surface area (Å²) in [6.07, 6.45) is -3.14. The van der Waals surface area contributed by atoms with Gasteiger partial charge < -0.3 is 10.2 Å². The first kappa shape index (κ1) is 15.3. The third-order valence-electron chi connectivity index (χ3n) is 3.28. The molecule has 0 atom stereocenters. The van der Waals surface area contributed by atoms with E-state index in [4.69, 9.17) is 0 Å². The van der Waals surface area contributed by atoms with Crippen molar-refractivity contribution in [2.24, 2.45) is 0 Å². The molecule has 1 saturated heterocycles. The predicted molar refractivity (Wildman–Crippen MR) is 69.1 cm³/mol. The number of benzene rings is 1. The minimum atomic E-state index is -4.36. The van der Waals surface area contributed by atoms with Crippen molar-refractivity contribution in [1.82, 2.24) is 10.2 Å². The number of rotatable bonds is 4. The van der Waals surface area contributed by atoms with Gasteiger partial charge in [-0.05, 0) is 24.1 Å². The fraction of sp³-hybridized carbons (Fsp3) is 0.429. The molecule has 0 saturated carbocycles. The highest BCUT2D eigenvalue weighted by Gasteiger charge is 2.29. The van der Waals surface area contributed by atoms with Crippen LogP contribution in [0, 0.1) is 0 Å². The van der Waals surface area contributed by atoms with Crippen molar-refractivity contribution >= 4 is 11.8 Å². The van der Waals surface area contributed by atoms with Crippen molar-refractivity contribution in [2.45, 2.75) is 25.6 Å². The number of hydrogen-bond acceptors (Lipinski definition) is 2. The fourth-order valence-corrected chi connectivity index (χ4v) is 2.11. The molecule has 1 aromatic carbocycles. The Hall–Kier alpha value is -2.05. The molecular formula is C14H15F3N2O2. The molecule has 2 amide bonds. The van der Waals surface area contributed by atoms with Crippen LogP contribution in [-0.4, -0.2) is 29.8 Å². The second-order valence-corrected chi connectivity index (χ2v) is 4.89. The van der Waals surface area contributed by atoms with Gasteiger partial charge in [-0.2, -0.15) is 13.2 Å². The second kappa shape index (κ2) is 6.15. The molecule has 1 aliphatic rings. The third kappa shape index (κ3) is 4.21. The van der Waals surface area contributed by atoms with Crippen LogP contribution in [0.1, 0.15) is 24.0 Å². The molecule has 1 aliphatic heterocycles. The number of nitrogens with zero attached hydrogens (tertiary/aromatic N) is 1. The van der Waals surface area contributed by atoms with Crippen molar-refractivity contribution in [3.8, 4) is 0 Å². The lowest BCUT2D eigenvalue weighted by molar-refractivity contribution is -0.137. The minimum Gasteiger partial charge on any atom is -0.350 e. The van der Waals surface area contributed by atoms with Gasteiger partial charge in [0.05, 0.1) is 12.1 Å². The number of likely N-dealkylation sites (tertiary alicyclic amines) is 1. The summed E-state index contributed by atoms with van der Waals surface area (Å²) in [5.74, 6) is -0.357. The minimum absolute atomic E-state index is 0.000528. The molecule has 7 heteroatoms. The first-order valence-electron chi connectivity index (χ1n) is 6.57. The predicted octanol–water partition coefficient (Wildman–Crippen LogP) is 1.94. The van der Waals surface area contributed by atoms with Crippen LogP contribution in [0.4, 0.5) is 13.2 Å². The van der Waals surface area contributed by atoms with E-state index in [0.29, 0.717) is 18.5 Å².